The molecule has 0 unspecified atom stereocenters. The van der Waals surface area contributed by atoms with Crippen molar-refractivity contribution in [1.82, 2.24) is 9.80 Å². The van der Waals surface area contributed by atoms with Crippen LogP contribution in [0.2, 0.25) is 0 Å². The number of amides is 2. The highest BCUT2D eigenvalue weighted by molar-refractivity contribution is 5.90. The summed E-state index contributed by atoms with van der Waals surface area (Å²) in [6.45, 7) is 7.36. The maximum absolute atomic E-state index is 13.1. The highest BCUT2D eigenvalue weighted by atomic mass is 16.5. The molecule has 1 aliphatic heterocycles. The Balaban J connectivity index is 1.17. The van der Waals surface area contributed by atoms with E-state index in [1.807, 2.05) is 65.6 Å². The van der Waals surface area contributed by atoms with E-state index in [-0.39, 0.29) is 12.1 Å². The van der Waals surface area contributed by atoms with Gasteiger partial charge in [0.25, 0.3) is 0 Å². The van der Waals surface area contributed by atoms with E-state index in [9.17, 15) is 4.79 Å². The van der Waals surface area contributed by atoms with Gasteiger partial charge in [0, 0.05) is 37.9 Å². The van der Waals surface area contributed by atoms with Crippen LogP contribution >= 0.6 is 0 Å². The molecule has 0 bridgehead atoms. The lowest BCUT2D eigenvalue weighted by Gasteiger charge is -2.39. The maximum Gasteiger partial charge on any atom is 0.322 e. The summed E-state index contributed by atoms with van der Waals surface area (Å²) >= 11 is 0. The number of benzene rings is 4. The highest BCUT2D eigenvalue weighted by Gasteiger charge is 2.27. The van der Waals surface area contributed by atoms with Crippen molar-refractivity contribution in [3.63, 3.8) is 0 Å². The number of hydrogen-bond acceptors (Lipinski definition) is 3. The van der Waals surface area contributed by atoms with Gasteiger partial charge in [-0.05, 0) is 66.9 Å². The van der Waals surface area contributed by atoms with Crippen molar-refractivity contribution < 1.29 is 9.53 Å². The number of piperazine rings is 1. The van der Waals surface area contributed by atoms with Crippen LogP contribution in [-0.4, -0.2) is 41.5 Å². The van der Waals surface area contributed by atoms with Gasteiger partial charge in [0.05, 0.1) is 0 Å². The maximum atomic E-state index is 13.1. The number of hydrogen-bond donors (Lipinski definition) is 1. The number of carbonyl (C=O) groups is 1. The summed E-state index contributed by atoms with van der Waals surface area (Å²) in [5.41, 5.74) is 5.48. The summed E-state index contributed by atoms with van der Waals surface area (Å²) < 4.78 is 6.00. The van der Waals surface area contributed by atoms with Crippen LogP contribution in [0, 0.1) is 6.92 Å². The number of nitrogens with one attached hydrogen (secondary N) is 1. The average Bonchev–Trinajstić information content (AvgIpc) is 2.90. The zero-order chi connectivity index (χ0) is 25.6. The van der Waals surface area contributed by atoms with Crippen molar-refractivity contribution in [2.75, 3.05) is 25.0 Å². The van der Waals surface area contributed by atoms with Gasteiger partial charge < -0.3 is 15.0 Å². The Morgan fingerprint density at radius 1 is 0.838 bits per heavy atom. The molecule has 0 saturated carbocycles. The molecule has 5 nitrogen and oxygen atoms in total. The Morgan fingerprint density at radius 2 is 1.57 bits per heavy atom. The quantitative estimate of drug-likeness (QED) is 0.310. The molecule has 0 spiro atoms. The van der Waals surface area contributed by atoms with E-state index >= 15 is 0 Å². The molecule has 4 aromatic carbocycles. The zero-order valence-electron chi connectivity index (χ0n) is 21.4. The van der Waals surface area contributed by atoms with E-state index in [0.717, 1.165) is 47.9 Å². The van der Waals surface area contributed by atoms with Gasteiger partial charge in [0.15, 0.2) is 0 Å². The minimum atomic E-state index is -0.0493. The molecule has 5 rings (SSSR count). The van der Waals surface area contributed by atoms with Gasteiger partial charge in [-0.15, -0.1) is 0 Å². The number of anilines is 1. The topological polar surface area (TPSA) is 44.8 Å². The number of aryl methyl sites for hydroxylation is 1. The Labute approximate surface area is 219 Å². The minimum Gasteiger partial charge on any atom is -0.457 e. The van der Waals surface area contributed by atoms with Gasteiger partial charge in [0.2, 0.25) is 0 Å². The van der Waals surface area contributed by atoms with E-state index < -0.39 is 0 Å². The van der Waals surface area contributed by atoms with E-state index in [1.165, 1.54) is 11.1 Å². The van der Waals surface area contributed by atoms with Gasteiger partial charge in [-0.2, -0.15) is 0 Å². The van der Waals surface area contributed by atoms with Crippen molar-refractivity contribution in [1.29, 1.82) is 0 Å². The van der Waals surface area contributed by atoms with E-state index in [2.05, 4.69) is 66.5 Å². The van der Waals surface area contributed by atoms with Crippen LogP contribution in [0.25, 0.3) is 11.1 Å². The van der Waals surface area contributed by atoms with Crippen molar-refractivity contribution >= 4 is 11.7 Å². The number of carbonyl (C=O) groups excluding carboxylic acids is 1. The van der Waals surface area contributed by atoms with Crippen LogP contribution in [0.1, 0.15) is 18.1 Å². The van der Waals surface area contributed by atoms with Gasteiger partial charge in [-0.1, -0.05) is 72.3 Å². The molecule has 4 aromatic rings. The average molecular weight is 492 g/mol. The fourth-order valence-corrected chi connectivity index (χ4v) is 4.86. The summed E-state index contributed by atoms with van der Waals surface area (Å²) in [5, 5.41) is 3.11. The lowest BCUT2D eigenvalue weighted by atomic mass is 10.0. The van der Waals surface area contributed by atoms with Crippen molar-refractivity contribution in [3.8, 4) is 22.6 Å². The number of nitrogens with zero attached hydrogens (tertiary/aromatic N) is 2. The third-order valence-electron chi connectivity index (χ3n) is 6.72. The first-order valence-corrected chi connectivity index (χ1v) is 12.8. The monoisotopic (exact) mass is 491 g/mol. The lowest BCUT2D eigenvalue weighted by Crippen LogP contribution is -2.54. The molecule has 1 saturated heterocycles. The second kappa shape index (κ2) is 11.3. The predicted octanol–water partition coefficient (Wildman–Crippen LogP) is 7.19. The van der Waals surface area contributed by atoms with E-state index in [0.29, 0.717) is 6.54 Å². The molecular formula is C32H33N3O2. The summed E-state index contributed by atoms with van der Waals surface area (Å²) in [4.78, 5) is 17.5. The molecule has 1 N–H and O–H groups in total. The molecule has 0 radical (unpaired) electrons. The predicted molar refractivity (Wildman–Crippen MR) is 150 cm³/mol. The largest absolute Gasteiger partial charge is 0.457 e. The summed E-state index contributed by atoms with van der Waals surface area (Å²) in [6, 6.07) is 34.6. The van der Waals surface area contributed by atoms with Crippen LogP contribution in [0.3, 0.4) is 0 Å². The third-order valence-corrected chi connectivity index (χ3v) is 6.72. The first-order chi connectivity index (χ1) is 18.0. The Hall–Kier alpha value is -4.09. The van der Waals surface area contributed by atoms with Gasteiger partial charge in [0.1, 0.15) is 11.5 Å². The van der Waals surface area contributed by atoms with Crippen LogP contribution in [0.15, 0.2) is 103 Å². The van der Waals surface area contributed by atoms with Crippen molar-refractivity contribution in [2.24, 2.45) is 0 Å². The van der Waals surface area contributed by atoms with E-state index in [4.69, 9.17) is 4.74 Å². The summed E-state index contributed by atoms with van der Waals surface area (Å²) in [5.74, 6) is 1.67. The third kappa shape index (κ3) is 6.38. The zero-order valence-corrected chi connectivity index (χ0v) is 21.4. The molecular weight excluding hydrogens is 458 g/mol. The first-order valence-electron chi connectivity index (χ1n) is 12.8. The number of rotatable bonds is 6. The van der Waals surface area contributed by atoms with Gasteiger partial charge in [-0.3, -0.25) is 4.90 Å². The fourth-order valence-electron chi connectivity index (χ4n) is 4.86. The van der Waals surface area contributed by atoms with Crippen LogP contribution in [-0.2, 0) is 6.54 Å². The Kier molecular flexibility index (Phi) is 7.52. The number of urea groups is 1. The minimum absolute atomic E-state index is 0.0493. The van der Waals surface area contributed by atoms with Crippen LogP contribution in [0.5, 0.6) is 11.5 Å². The molecule has 188 valence electrons. The van der Waals surface area contributed by atoms with Crippen LogP contribution in [0.4, 0.5) is 10.5 Å². The molecule has 1 aliphatic rings. The van der Waals surface area contributed by atoms with Gasteiger partial charge >= 0.3 is 6.03 Å². The second-order valence-corrected chi connectivity index (χ2v) is 9.72. The SMILES string of the molecule is Cc1cccc(-c2cccc(NC(=O)N3CCN(Cc4cccc(Oc5ccccc5)c4)C[C@@H]3C)c2)c1. The smallest absolute Gasteiger partial charge is 0.322 e. The van der Waals surface area contributed by atoms with E-state index in [1.54, 1.807) is 0 Å². The molecule has 0 aliphatic carbocycles. The second-order valence-electron chi connectivity index (χ2n) is 9.72. The molecule has 0 aromatic heterocycles. The summed E-state index contributed by atoms with van der Waals surface area (Å²) in [6.07, 6.45) is 0. The normalized spacial score (nSPS) is 15.8. The molecule has 37 heavy (non-hydrogen) atoms. The molecule has 1 fully saturated rings. The molecule has 2 amide bonds. The molecule has 5 heteroatoms. The standard InChI is InChI=1S/C32H33N3O2/c1-24-9-6-11-27(19-24)28-12-8-13-29(21-28)33-32(36)35-18-17-34(22-25(35)2)23-26-10-7-16-31(20-26)37-30-14-4-3-5-15-30/h3-16,19-21,25H,17-18,22-23H2,1-2H3,(H,33,36)/t25-/m0/s1. The highest BCUT2D eigenvalue weighted by Crippen LogP contribution is 2.25. The summed E-state index contributed by atoms with van der Waals surface area (Å²) in [7, 11) is 0. The van der Waals surface area contributed by atoms with Crippen molar-refractivity contribution in [2.45, 2.75) is 26.4 Å². The first kappa shape index (κ1) is 24.6. The lowest BCUT2D eigenvalue weighted by molar-refractivity contribution is 0.104. The molecule has 1 atom stereocenters. The Morgan fingerprint density at radius 3 is 2.35 bits per heavy atom. The fraction of sp³-hybridized carbons (Fsp3) is 0.219. The number of para-hydroxylation sites is 1. The van der Waals surface area contributed by atoms with Gasteiger partial charge in [-0.25, -0.2) is 4.79 Å². The molecule has 1 heterocycles. The van der Waals surface area contributed by atoms with Crippen molar-refractivity contribution in [3.05, 3.63) is 114 Å². The van der Waals surface area contributed by atoms with Crippen LogP contribution < -0.4 is 10.1 Å². The Bertz CT molecular complexity index is 1360. The number of ether oxygens (including phenoxy) is 1.